The molecule has 2 heterocycles. The fraction of sp³-hybridized carbons (Fsp3) is 0.154. The van der Waals surface area contributed by atoms with Crippen molar-refractivity contribution >= 4 is 32.2 Å². The summed E-state index contributed by atoms with van der Waals surface area (Å²) in [4.78, 5) is 5.58. The number of hydrogen-bond donors (Lipinski definition) is 1. The minimum Gasteiger partial charge on any atom is -0.307 e. The van der Waals surface area contributed by atoms with Gasteiger partial charge in [0, 0.05) is 35.3 Å². The SMILES string of the molecule is Brc1ccc(CNCc2cn3ccsc3n2)cc1. The first-order valence-corrected chi connectivity index (χ1v) is 7.35. The quantitative estimate of drug-likeness (QED) is 0.797. The van der Waals surface area contributed by atoms with Gasteiger partial charge in [-0.15, -0.1) is 11.3 Å². The van der Waals surface area contributed by atoms with Crippen LogP contribution in [0.2, 0.25) is 0 Å². The first kappa shape index (κ1) is 11.9. The maximum absolute atomic E-state index is 4.53. The molecule has 1 N–H and O–H groups in total. The van der Waals surface area contributed by atoms with Crippen LogP contribution in [0.15, 0.2) is 46.5 Å². The molecule has 0 aliphatic rings. The summed E-state index contributed by atoms with van der Waals surface area (Å²) in [5.41, 5.74) is 2.36. The molecule has 18 heavy (non-hydrogen) atoms. The number of hydrogen-bond acceptors (Lipinski definition) is 3. The third-order valence-corrected chi connectivity index (χ3v) is 3.99. The van der Waals surface area contributed by atoms with E-state index in [1.807, 2.05) is 11.6 Å². The lowest BCUT2D eigenvalue weighted by Gasteiger charge is -2.02. The van der Waals surface area contributed by atoms with E-state index in [2.05, 4.69) is 61.1 Å². The lowest BCUT2D eigenvalue weighted by molar-refractivity contribution is 0.683. The summed E-state index contributed by atoms with van der Waals surface area (Å²) in [6.45, 7) is 1.66. The van der Waals surface area contributed by atoms with Crippen LogP contribution in [-0.4, -0.2) is 9.38 Å². The molecule has 0 aliphatic carbocycles. The van der Waals surface area contributed by atoms with Crippen LogP contribution in [0.3, 0.4) is 0 Å². The van der Waals surface area contributed by atoms with Gasteiger partial charge < -0.3 is 5.32 Å². The minimum atomic E-state index is 0.796. The van der Waals surface area contributed by atoms with Gasteiger partial charge in [0.25, 0.3) is 0 Å². The molecule has 2 aromatic heterocycles. The van der Waals surface area contributed by atoms with Gasteiger partial charge in [0.05, 0.1) is 5.69 Å². The van der Waals surface area contributed by atoms with Gasteiger partial charge in [-0.2, -0.15) is 0 Å². The molecule has 0 fully saturated rings. The Balaban J connectivity index is 1.58. The fourth-order valence-electron chi connectivity index (χ4n) is 1.80. The van der Waals surface area contributed by atoms with Gasteiger partial charge in [-0.05, 0) is 17.7 Å². The molecule has 5 heteroatoms. The molecule has 0 saturated heterocycles. The van der Waals surface area contributed by atoms with Crippen LogP contribution in [-0.2, 0) is 13.1 Å². The van der Waals surface area contributed by atoms with E-state index in [0.717, 1.165) is 28.2 Å². The van der Waals surface area contributed by atoms with Crippen molar-refractivity contribution in [3.8, 4) is 0 Å². The second-order valence-corrected chi connectivity index (χ2v) is 5.84. The second kappa shape index (κ2) is 5.22. The van der Waals surface area contributed by atoms with Crippen molar-refractivity contribution in [3.05, 3.63) is 57.8 Å². The number of fused-ring (bicyclic) bond motifs is 1. The first-order valence-electron chi connectivity index (χ1n) is 5.67. The predicted molar refractivity (Wildman–Crippen MR) is 77.8 cm³/mol. The van der Waals surface area contributed by atoms with Gasteiger partial charge in [0.1, 0.15) is 0 Å². The number of nitrogens with one attached hydrogen (secondary N) is 1. The van der Waals surface area contributed by atoms with Gasteiger partial charge in [0.2, 0.25) is 0 Å². The van der Waals surface area contributed by atoms with E-state index in [9.17, 15) is 0 Å². The molecule has 3 rings (SSSR count). The van der Waals surface area contributed by atoms with Crippen molar-refractivity contribution in [2.75, 3.05) is 0 Å². The summed E-state index contributed by atoms with van der Waals surface area (Å²) >= 11 is 5.09. The molecule has 0 radical (unpaired) electrons. The fourth-order valence-corrected chi connectivity index (χ4v) is 2.78. The van der Waals surface area contributed by atoms with E-state index in [1.165, 1.54) is 5.56 Å². The number of rotatable bonds is 4. The van der Waals surface area contributed by atoms with Gasteiger partial charge in [0.15, 0.2) is 4.96 Å². The molecule has 3 aromatic rings. The summed E-state index contributed by atoms with van der Waals surface area (Å²) < 4.78 is 3.17. The Morgan fingerprint density at radius 3 is 2.83 bits per heavy atom. The van der Waals surface area contributed by atoms with Gasteiger partial charge >= 0.3 is 0 Å². The molecule has 0 amide bonds. The highest BCUT2D eigenvalue weighted by Gasteiger charge is 2.01. The summed E-state index contributed by atoms with van der Waals surface area (Å²) in [5.74, 6) is 0. The number of benzene rings is 1. The molecule has 0 spiro atoms. The monoisotopic (exact) mass is 321 g/mol. The highest BCUT2D eigenvalue weighted by atomic mass is 79.9. The Bertz CT molecular complexity index is 613. The molecule has 0 saturated carbocycles. The minimum absolute atomic E-state index is 0.796. The Hall–Kier alpha value is -1.17. The van der Waals surface area contributed by atoms with Gasteiger partial charge in [-0.1, -0.05) is 28.1 Å². The van der Waals surface area contributed by atoms with Gasteiger partial charge in [-0.25, -0.2) is 4.98 Å². The lowest BCUT2D eigenvalue weighted by atomic mass is 10.2. The number of thiazole rings is 1. The maximum atomic E-state index is 4.53. The van der Waals surface area contributed by atoms with Crippen molar-refractivity contribution in [1.29, 1.82) is 0 Å². The Morgan fingerprint density at radius 1 is 1.22 bits per heavy atom. The Kier molecular flexibility index (Phi) is 3.45. The average Bonchev–Trinajstić information content (AvgIpc) is 2.92. The number of imidazole rings is 1. The Morgan fingerprint density at radius 2 is 2.06 bits per heavy atom. The second-order valence-electron chi connectivity index (χ2n) is 4.06. The lowest BCUT2D eigenvalue weighted by Crippen LogP contribution is -2.12. The maximum Gasteiger partial charge on any atom is 0.193 e. The van der Waals surface area contributed by atoms with Crippen LogP contribution in [0.5, 0.6) is 0 Å². The molecule has 0 atom stereocenters. The normalized spacial score (nSPS) is 11.2. The van der Waals surface area contributed by atoms with Crippen molar-refractivity contribution in [2.45, 2.75) is 13.1 Å². The zero-order valence-corrected chi connectivity index (χ0v) is 12.0. The van der Waals surface area contributed by atoms with E-state index in [4.69, 9.17) is 0 Å². The van der Waals surface area contributed by atoms with Crippen LogP contribution >= 0.6 is 27.3 Å². The first-order chi connectivity index (χ1) is 8.81. The molecular formula is C13H12BrN3S. The zero-order chi connectivity index (χ0) is 12.4. The third kappa shape index (κ3) is 2.63. The number of aromatic nitrogens is 2. The predicted octanol–water partition coefficient (Wildman–Crippen LogP) is 3.45. The summed E-state index contributed by atoms with van der Waals surface area (Å²) in [6, 6.07) is 8.35. The molecule has 0 aliphatic heterocycles. The summed E-state index contributed by atoms with van der Waals surface area (Å²) in [7, 11) is 0. The molecule has 92 valence electrons. The van der Waals surface area contributed by atoms with Gasteiger partial charge in [-0.3, -0.25) is 4.40 Å². The summed E-state index contributed by atoms with van der Waals surface area (Å²) in [6.07, 6.45) is 4.10. The van der Waals surface area contributed by atoms with E-state index in [1.54, 1.807) is 11.3 Å². The van der Waals surface area contributed by atoms with Crippen LogP contribution in [0, 0.1) is 0 Å². The smallest absolute Gasteiger partial charge is 0.193 e. The highest BCUT2D eigenvalue weighted by Crippen LogP contribution is 2.12. The zero-order valence-electron chi connectivity index (χ0n) is 9.64. The largest absolute Gasteiger partial charge is 0.307 e. The third-order valence-electron chi connectivity index (χ3n) is 2.69. The number of halogens is 1. The van der Waals surface area contributed by atoms with E-state index in [-0.39, 0.29) is 0 Å². The van der Waals surface area contributed by atoms with E-state index >= 15 is 0 Å². The van der Waals surface area contributed by atoms with Crippen LogP contribution in [0.1, 0.15) is 11.3 Å². The van der Waals surface area contributed by atoms with Crippen molar-refractivity contribution < 1.29 is 0 Å². The van der Waals surface area contributed by atoms with Crippen molar-refractivity contribution in [1.82, 2.24) is 14.7 Å². The molecule has 1 aromatic carbocycles. The Labute approximate surface area is 118 Å². The topological polar surface area (TPSA) is 29.3 Å². The number of nitrogens with zero attached hydrogens (tertiary/aromatic N) is 2. The van der Waals surface area contributed by atoms with Crippen molar-refractivity contribution in [2.24, 2.45) is 0 Å². The molecule has 3 nitrogen and oxygen atoms in total. The average molecular weight is 322 g/mol. The molecule has 0 bridgehead atoms. The molecule has 0 unspecified atom stereocenters. The summed E-state index contributed by atoms with van der Waals surface area (Å²) in [5, 5.41) is 5.44. The molecular weight excluding hydrogens is 310 g/mol. The van der Waals surface area contributed by atoms with Crippen molar-refractivity contribution in [3.63, 3.8) is 0 Å². The van der Waals surface area contributed by atoms with Crippen LogP contribution in [0.4, 0.5) is 0 Å². The highest BCUT2D eigenvalue weighted by molar-refractivity contribution is 9.10. The van der Waals surface area contributed by atoms with E-state index in [0.29, 0.717) is 0 Å². The van der Waals surface area contributed by atoms with E-state index < -0.39 is 0 Å². The standard InChI is InChI=1S/C13H12BrN3S/c14-11-3-1-10(2-4-11)7-15-8-12-9-17-5-6-18-13(17)16-12/h1-6,9,15H,7-8H2. The van der Waals surface area contributed by atoms with Crippen LogP contribution < -0.4 is 5.32 Å². The van der Waals surface area contributed by atoms with Crippen LogP contribution in [0.25, 0.3) is 4.96 Å².